The highest BCUT2D eigenvalue weighted by atomic mass is 16.5. The van der Waals surface area contributed by atoms with E-state index in [1.807, 2.05) is 12.1 Å². The zero-order valence-corrected chi connectivity index (χ0v) is 17.0. The average molecular weight is 359 g/mol. The zero-order chi connectivity index (χ0) is 18.9. The number of rotatable bonds is 5. The molecule has 3 heteroatoms. The summed E-state index contributed by atoms with van der Waals surface area (Å²) in [7, 11) is 1.70. The summed E-state index contributed by atoms with van der Waals surface area (Å²) in [6.07, 6.45) is 6.04. The van der Waals surface area contributed by atoms with Crippen molar-refractivity contribution in [3.8, 4) is 5.75 Å². The van der Waals surface area contributed by atoms with Gasteiger partial charge in [-0.1, -0.05) is 19.1 Å². The van der Waals surface area contributed by atoms with E-state index in [1.54, 1.807) is 7.11 Å². The Morgan fingerprint density at radius 3 is 2.69 bits per heavy atom. The number of hydrogen-bond acceptors (Lipinski definition) is 3. The Kier molecular flexibility index (Phi) is 5.48. The van der Waals surface area contributed by atoms with Crippen LogP contribution in [-0.4, -0.2) is 24.6 Å². The summed E-state index contributed by atoms with van der Waals surface area (Å²) in [5, 5.41) is 0. The van der Waals surface area contributed by atoms with Crippen LogP contribution in [0.1, 0.15) is 65.4 Å². The van der Waals surface area contributed by atoms with Crippen molar-refractivity contribution in [3.05, 3.63) is 29.8 Å². The molecule has 1 aromatic carbocycles. The third-order valence-electron chi connectivity index (χ3n) is 6.51. The summed E-state index contributed by atoms with van der Waals surface area (Å²) in [4.78, 5) is 12.7. The third kappa shape index (κ3) is 3.98. The number of fused-ring (bicyclic) bond motifs is 1. The average Bonchev–Trinajstić information content (AvgIpc) is 2.90. The molecule has 3 nitrogen and oxygen atoms in total. The number of ketones is 1. The molecule has 4 atom stereocenters. The SMILES string of the molecule is COc1cccc(CCC2C(=O)CC[C@]3(C)C2CC[C@H]3OC(C)(C)C)c1. The number of carbonyl (C=O) groups excluding carboxylic acids is 1. The van der Waals surface area contributed by atoms with Gasteiger partial charge in [-0.3, -0.25) is 4.79 Å². The molecule has 3 rings (SSSR count). The third-order valence-corrected chi connectivity index (χ3v) is 6.51. The van der Waals surface area contributed by atoms with Gasteiger partial charge in [-0.25, -0.2) is 0 Å². The lowest BCUT2D eigenvalue weighted by Gasteiger charge is -2.45. The molecule has 2 unspecified atom stereocenters. The van der Waals surface area contributed by atoms with Crippen LogP contribution in [0.15, 0.2) is 24.3 Å². The van der Waals surface area contributed by atoms with Gasteiger partial charge in [0.15, 0.2) is 0 Å². The van der Waals surface area contributed by atoms with Crippen LogP contribution >= 0.6 is 0 Å². The first-order chi connectivity index (χ1) is 12.2. The molecule has 2 saturated carbocycles. The molecule has 0 N–H and O–H groups in total. The molecule has 2 fully saturated rings. The smallest absolute Gasteiger partial charge is 0.136 e. The normalized spacial score (nSPS) is 31.7. The van der Waals surface area contributed by atoms with Crippen LogP contribution in [0, 0.1) is 17.3 Å². The van der Waals surface area contributed by atoms with Crippen LogP contribution in [-0.2, 0) is 16.0 Å². The van der Waals surface area contributed by atoms with Gasteiger partial charge < -0.3 is 9.47 Å². The van der Waals surface area contributed by atoms with E-state index in [1.165, 1.54) is 5.56 Å². The van der Waals surface area contributed by atoms with Crippen molar-refractivity contribution in [1.82, 2.24) is 0 Å². The molecular formula is C23H34O3. The molecular weight excluding hydrogens is 324 g/mol. The second-order valence-electron chi connectivity index (χ2n) is 9.37. The number of hydrogen-bond donors (Lipinski definition) is 0. The topological polar surface area (TPSA) is 35.5 Å². The van der Waals surface area contributed by atoms with Crippen molar-refractivity contribution in [2.45, 2.75) is 77.9 Å². The number of ether oxygens (including phenoxy) is 2. The Bertz CT molecular complexity index is 645. The van der Waals surface area contributed by atoms with E-state index in [4.69, 9.17) is 9.47 Å². The van der Waals surface area contributed by atoms with E-state index in [9.17, 15) is 4.79 Å². The lowest BCUT2D eigenvalue weighted by atomic mass is 9.62. The molecule has 0 amide bonds. The Morgan fingerprint density at radius 1 is 1.23 bits per heavy atom. The maximum Gasteiger partial charge on any atom is 0.136 e. The van der Waals surface area contributed by atoms with Crippen LogP contribution < -0.4 is 4.74 Å². The monoisotopic (exact) mass is 358 g/mol. The number of Topliss-reactive ketones (excluding diaryl/α,β-unsaturated/α-hetero) is 1. The van der Waals surface area contributed by atoms with Crippen LogP contribution in [0.25, 0.3) is 0 Å². The molecule has 0 aliphatic heterocycles. The van der Waals surface area contributed by atoms with Gasteiger partial charge in [0.25, 0.3) is 0 Å². The predicted molar refractivity (Wildman–Crippen MR) is 105 cm³/mol. The fraction of sp³-hybridized carbons (Fsp3) is 0.696. The highest BCUT2D eigenvalue weighted by Crippen LogP contribution is 2.56. The van der Waals surface area contributed by atoms with Gasteiger partial charge in [-0.05, 0) is 81.9 Å². The summed E-state index contributed by atoms with van der Waals surface area (Å²) in [5.41, 5.74) is 1.27. The van der Waals surface area contributed by atoms with Gasteiger partial charge in [0, 0.05) is 12.3 Å². The number of methoxy groups -OCH3 is 1. The van der Waals surface area contributed by atoms with E-state index in [-0.39, 0.29) is 23.0 Å². The van der Waals surface area contributed by atoms with E-state index >= 15 is 0 Å². The lowest BCUT2D eigenvalue weighted by Crippen LogP contribution is -2.46. The molecule has 2 aliphatic rings. The molecule has 0 saturated heterocycles. The highest BCUT2D eigenvalue weighted by molar-refractivity contribution is 5.82. The molecule has 0 bridgehead atoms. The Balaban J connectivity index is 1.72. The van der Waals surface area contributed by atoms with Crippen LogP contribution in [0.2, 0.25) is 0 Å². The van der Waals surface area contributed by atoms with Crippen LogP contribution in [0.5, 0.6) is 5.75 Å². The Hall–Kier alpha value is -1.35. The molecule has 1 aromatic rings. The zero-order valence-electron chi connectivity index (χ0n) is 17.0. The van der Waals surface area contributed by atoms with Gasteiger partial charge in [-0.15, -0.1) is 0 Å². The molecule has 0 aromatic heterocycles. The second-order valence-corrected chi connectivity index (χ2v) is 9.37. The first-order valence-corrected chi connectivity index (χ1v) is 10.1. The number of carbonyl (C=O) groups is 1. The number of aryl methyl sites for hydroxylation is 1. The minimum atomic E-state index is -0.125. The van der Waals surface area contributed by atoms with Crippen molar-refractivity contribution in [3.63, 3.8) is 0 Å². The fourth-order valence-corrected chi connectivity index (χ4v) is 5.17. The van der Waals surface area contributed by atoms with E-state index in [0.717, 1.165) is 37.9 Å². The van der Waals surface area contributed by atoms with Gasteiger partial charge in [0.05, 0.1) is 18.8 Å². The number of benzene rings is 1. The lowest BCUT2D eigenvalue weighted by molar-refractivity contribution is -0.143. The molecule has 0 spiro atoms. The van der Waals surface area contributed by atoms with Crippen molar-refractivity contribution in [1.29, 1.82) is 0 Å². The minimum absolute atomic E-state index is 0.125. The van der Waals surface area contributed by atoms with Gasteiger partial charge >= 0.3 is 0 Å². The summed E-state index contributed by atoms with van der Waals surface area (Å²) >= 11 is 0. The summed E-state index contributed by atoms with van der Waals surface area (Å²) in [6.45, 7) is 8.78. The summed E-state index contributed by atoms with van der Waals surface area (Å²) in [6, 6.07) is 8.23. The fourth-order valence-electron chi connectivity index (χ4n) is 5.17. The molecule has 0 heterocycles. The largest absolute Gasteiger partial charge is 0.497 e. The van der Waals surface area contributed by atoms with E-state index in [2.05, 4.69) is 39.8 Å². The van der Waals surface area contributed by atoms with Crippen LogP contribution in [0.4, 0.5) is 0 Å². The maximum absolute atomic E-state index is 12.7. The second kappa shape index (κ2) is 7.34. The standard InChI is InChI=1S/C23H34O3/c1-22(2,3)26-21-12-11-19-18(20(24)13-14-23(19,21)4)10-9-16-7-6-8-17(15-16)25-5/h6-8,15,18-19,21H,9-14H2,1-5H3/t18?,19?,21-,23-/m1/s1. The predicted octanol–water partition coefficient (Wildman–Crippen LogP) is 5.21. The molecule has 2 aliphatic carbocycles. The van der Waals surface area contributed by atoms with Crippen molar-refractivity contribution >= 4 is 5.78 Å². The molecule has 26 heavy (non-hydrogen) atoms. The summed E-state index contributed by atoms with van der Waals surface area (Å²) in [5.74, 6) is 1.99. The first kappa shape index (κ1) is 19.4. The maximum atomic E-state index is 12.7. The van der Waals surface area contributed by atoms with Crippen LogP contribution in [0.3, 0.4) is 0 Å². The first-order valence-electron chi connectivity index (χ1n) is 10.1. The Labute approximate surface area is 158 Å². The van der Waals surface area contributed by atoms with Gasteiger partial charge in [-0.2, -0.15) is 0 Å². The summed E-state index contributed by atoms with van der Waals surface area (Å²) < 4.78 is 11.8. The van der Waals surface area contributed by atoms with Crippen molar-refractivity contribution in [2.75, 3.05) is 7.11 Å². The van der Waals surface area contributed by atoms with Crippen molar-refractivity contribution < 1.29 is 14.3 Å². The van der Waals surface area contributed by atoms with E-state index in [0.29, 0.717) is 18.1 Å². The Morgan fingerprint density at radius 2 is 2.00 bits per heavy atom. The van der Waals surface area contributed by atoms with Gasteiger partial charge in [0.2, 0.25) is 0 Å². The molecule has 144 valence electrons. The van der Waals surface area contributed by atoms with Gasteiger partial charge in [0.1, 0.15) is 11.5 Å². The highest BCUT2D eigenvalue weighted by Gasteiger charge is 2.54. The quantitative estimate of drug-likeness (QED) is 0.725. The van der Waals surface area contributed by atoms with Crippen molar-refractivity contribution in [2.24, 2.45) is 17.3 Å². The minimum Gasteiger partial charge on any atom is -0.497 e. The molecule has 0 radical (unpaired) electrons. The van der Waals surface area contributed by atoms with E-state index < -0.39 is 0 Å².